The van der Waals surface area contributed by atoms with Gasteiger partial charge < -0.3 is 10.5 Å². The number of amides is 1. The summed E-state index contributed by atoms with van der Waals surface area (Å²) in [6.45, 7) is 1.65. The molecule has 0 unspecified atom stereocenters. The first-order valence-electron chi connectivity index (χ1n) is 11.3. The molecule has 0 saturated heterocycles. The van der Waals surface area contributed by atoms with E-state index >= 15 is 0 Å². The number of aromatic nitrogens is 1. The van der Waals surface area contributed by atoms with Crippen molar-refractivity contribution in [1.82, 2.24) is 4.98 Å². The van der Waals surface area contributed by atoms with Gasteiger partial charge in [-0.25, -0.2) is 0 Å². The molecule has 0 radical (unpaired) electrons. The summed E-state index contributed by atoms with van der Waals surface area (Å²) in [5.74, 6) is -0.363. The van der Waals surface area contributed by atoms with E-state index in [0.29, 0.717) is 33.7 Å². The van der Waals surface area contributed by atoms with Crippen LogP contribution >= 0.6 is 0 Å². The highest BCUT2D eigenvalue weighted by Crippen LogP contribution is 2.31. The van der Waals surface area contributed by atoms with Gasteiger partial charge in [0.1, 0.15) is 0 Å². The van der Waals surface area contributed by atoms with E-state index in [4.69, 9.17) is 5.21 Å². The van der Waals surface area contributed by atoms with Gasteiger partial charge in [0, 0.05) is 34.9 Å². The maximum Gasteiger partial charge on any atom is 0.416 e. The summed E-state index contributed by atoms with van der Waals surface area (Å²) in [5.41, 5.74) is 2.87. The predicted molar refractivity (Wildman–Crippen MR) is 138 cm³/mol. The van der Waals surface area contributed by atoms with Gasteiger partial charge in [-0.15, -0.1) is 0 Å². The quantitative estimate of drug-likeness (QED) is 0.0975. The Morgan fingerprint density at radius 2 is 1.59 bits per heavy atom. The first kappa shape index (κ1) is 25.4. The van der Waals surface area contributed by atoms with Gasteiger partial charge in [0.15, 0.2) is 0 Å². The normalized spacial score (nSPS) is 12.8. The van der Waals surface area contributed by atoms with E-state index < -0.39 is 11.7 Å². The number of nitrogens with zero attached hydrogens (tertiary/aromatic N) is 2. The van der Waals surface area contributed by atoms with Gasteiger partial charge in [-0.2, -0.15) is 13.2 Å². The number of oxime groups is 1. The lowest BCUT2D eigenvalue weighted by atomic mass is 9.95. The van der Waals surface area contributed by atoms with Gasteiger partial charge in [-0.3, -0.25) is 9.78 Å². The predicted octanol–water partition coefficient (Wildman–Crippen LogP) is 7.08. The minimum atomic E-state index is -4.44. The molecule has 1 amide bonds. The third-order valence-corrected chi connectivity index (χ3v) is 5.74. The number of nitrogens with one attached hydrogen (secondary N) is 1. The average Bonchev–Trinajstić information content (AvgIpc) is 2.91. The third-order valence-electron chi connectivity index (χ3n) is 5.74. The van der Waals surface area contributed by atoms with E-state index in [0.717, 1.165) is 22.9 Å². The van der Waals surface area contributed by atoms with E-state index in [-0.39, 0.29) is 5.91 Å². The lowest BCUT2D eigenvalue weighted by Crippen LogP contribution is -2.08. The molecule has 4 rings (SSSR count). The van der Waals surface area contributed by atoms with Gasteiger partial charge in [-0.1, -0.05) is 65.8 Å². The SMILES string of the molecule is C/C(=N/O)c1ccc(/C(=C\C=C\C(=O)Nc2cccc3cnccc23)c2ccc(C(F)(F)F)cc2)cc1. The number of carbonyl (C=O) groups excluding carboxylic acids is 1. The summed E-state index contributed by atoms with van der Waals surface area (Å²) in [4.78, 5) is 16.7. The van der Waals surface area contributed by atoms with Crippen LogP contribution in [0, 0.1) is 0 Å². The van der Waals surface area contributed by atoms with Gasteiger partial charge in [-0.05, 0) is 53.5 Å². The number of hydrogen-bond acceptors (Lipinski definition) is 4. The van der Waals surface area contributed by atoms with Crippen LogP contribution in [0.15, 0.2) is 109 Å². The molecule has 186 valence electrons. The van der Waals surface area contributed by atoms with Crippen molar-refractivity contribution in [3.05, 3.63) is 126 Å². The Bertz CT molecular complexity index is 1500. The van der Waals surface area contributed by atoms with E-state index in [1.807, 2.05) is 18.2 Å². The number of benzene rings is 3. The lowest BCUT2D eigenvalue weighted by molar-refractivity contribution is -0.137. The zero-order valence-electron chi connectivity index (χ0n) is 19.7. The van der Waals surface area contributed by atoms with Crippen molar-refractivity contribution in [2.24, 2.45) is 5.16 Å². The van der Waals surface area contributed by atoms with Crippen LogP contribution in [0.4, 0.5) is 18.9 Å². The minimum absolute atomic E-state index is 0.363. The average molecular weight is 502 g/mol. The number of fused-ring (bicyclic) bond motifs is 1. The standard InChI is InChI=1S/C29H22F3N3O2/c1-19(35-37)20-8-10-21(11-9-20)25(22-12-14-24(15-13-22)29(30,31)32)5-3-7-28(36)34-27-6-2-4-23-18-33-17-16-26(23)27/h2-18,37H,1H3,(H,34,36)/b7-3+,25-5+,35-19-. The topological polar surface area (TPSA) is 74.6 Å². The highest BCUT2D eigenvalue weighted by Gasteiger charge is 2.30. The second kappa shape index (κ2) is 10.9. The Morgan fingerprint density at radius 3 is 2.24 bits per heavy atom. The number of anilines is 1. The Labute approximate surface area is 211 Å². The highest BCUT2D eigenvalue weighted by atomic mass is 19.4. The number of rotatable bonds is 6. The van der Waals surface area contributed by atoms with Crippen molar-refractivity contribution >= 4 is 33.7 Å². The van der Waals surface area contributed by atoms with Gasteiger partial charge in [0.2, 0.25) is 5.91 Å². The van der Waals surface area contributed by atoms with Gasteiger partial charge >= 0.3 is 6.18 Å². The summed E-state index contributed by atoms with van der Waals surface area (Å²) in [7, 11) is 0. The van der Waals surface area contributed by atoms with Crippen molar-refractivity contribution in [3.8, 4) is 0 Å². The molecule has 0 fully saturated rings. The summed E-state index contributed by atoms with van der Waals surface area (Å²) in [5, 5.41) is 16.8. The molecule has 0 spiro atoms. The fraction of sp³-hybridized carbons (Fsp3) is 0.0690. The molecule has 0 atom stereocenters. The molecule has 2 N–H and O–H groups in total. The molecule has 8 heteroatoms. The minimum Gasteiger partial charge on any atom is -0.411 e. The molecular formula is C29H22F3N3O2. The second-order valence-electron chi connectivity index (χ2n) is 8.17. The maximum atomic E-state index is 13.1. The Hall–Kier alpha value is -4.72. The van der Waals surface area contributed by atoms with E-state index in [1.165, 1.54) is 18.2 Å². The van der Waals surface area contributed by atoms with Crippen molar-refractivity contribution in [1.29, 1.82) is 0 Å². The van der Waals surface area contributed by atoms with Crippen molar-refractivity contribution in [2.75, 3.05) is 5.32 Å². The lowest BCUT2D eigenvalue weighted by Gasteiger charge is -2.11. The third kappa shape index (κ3) is 6.10. The molecular weight excluding hydrogens is 479 g/mol. The highest BCUT2D eigenvalue weighted by molar-refractivity contribution is 6.06. The van der Waals surface area contributed by atoms with Crippen LogP contribution in [0.25, 0.3) is 16.3 Å². The number of carbonyl (C=O) groups is 1. The molecule has 1 heterocycles. The summed E-state index contributed by atoms with van der Waals surface area (Å²) in [6.07, 6.45) is 3.47. The molecule has 0 aliphatic carbocycles. The van der Waals surface area contributed by atoms with Crippen molar-refractivity contribution < 1.29 is 23.2 Å². The maximum absolute atomic E-state index is 13.1. The number of alkyl halides is 3. The van der Waals surface area contributed by atoms with Crippen LogP contribution in [0.3, 0.4) is 0 Å². The van der Waals surface area contributed by atoms with E-state index in [1.54, 1.807) is 61.8 Å². The second-order valence-corrected chi connectivity index (χ2v) is 8.17. The zero-order chi connectivity index (χ0) is 26.4. The fourth-order valence-corrected chi connectivity index (χ4v) is 3.78. The molecule has 1 aromatic heterocycles. The number of allylic oxidation sites excluding steroid dienone is 2. The zero-order valence-corrected chi connectivity index (χ0v) is 19.7. The molecule has 0 saturated carbocycles. The van der Waals surface area contributed by atoms with Crippen LogP contribution in [-0.4, -0.2) is 21.8 Å². The monoisotopic (exact) mass is 501 g/mol. The summed E-state index contributed by atoms with van der Waals surface area (Å²) < 4.78 is 39.2. The largest absolute Gasteiger partial charge is 0.416 e. The number of pyridine rings is 1. The van der Waals surface area contributed by atoms with E-state index in [2.05, 4.69) is 15.5 Å². The number of hydrogen-bond donors (Lipinski definition) is 2. The first-order valence-corrected chi connectivity index (χ1v) is 11.3. The molecule has 0 aliphatic rings. The van der Waals surface area contributed by atoms with Crippen LogP contribution in [0.2, 0.25) is 0 Å². The Balaban J connectivity index is 1.63. The van der Waals surface area contributed by atoms with E-state index in [9.17, 15) is 18.0 Å². The van der Waals surface area contributed by atoms with Crippen molar-refractivity contribution in [3.63, 3.8) is 0 Å². The van der Waals surface area contributed by atoms with Crippen LogP contribution in [-0.2, 0) is 11.0 Å². The molecule has 37 heavy (non-hydrogen) atoms. The summed E-state index contributed by atoms with van der Waals surface area (Å²) >= 11 is 0. The molecule has 3 aromatic carbocycles. The Morgan fingerprint density at radius 1 is 0.946 bits per heavy atom. The molecule has 4 aromatic rings. The van der Waals surface area contributed by atoms with Crippen LogP contribution in [0.1, 0.15) is 29.2 Å². The van der Waals surface area contributed by atoms with Crippen LogP contribution < -0.4 is 5.32 Å². The fourth-order valence-electron chi connectivity index (χ4n) is 3.78. The smallest absolute Gasteiger partial charge is 0.411 e. The van der Waals surface area contributed by atoms with Gasteiger partial charge in [0.25, 0.3) is 0 Å². The number of halogens is 3. The van der Waals surface area contributed by atoms with Gasteiger partial charge in [0.05, 0.1) is 11.3 Å². The molecule has 0 bridgehead atoms. The van der Waals surface area contributed by atoms with Crippen molar-refractivity contribution in [2.45, 2.75) is 13.1 Å². The first-order chi connectivity index (χ1) is 17.8. The summed E-state index contributed by atoms with van der Waals surface area (Å²) in [6, 6.07) is 19.2. The molecule has 5 nitrogen and oxygen atoms in total. The van der Waals surface area contributed by atoms with Crippen LogP contribution in [0.5, 0.6) is 0 Å². The Kier molecular flexibility index (Phi) is 7.48. The molecule has 0 aliphatic heterocycles.